The van der Waals surface area contributed by atoms with Crippen LogP contribution in [-0.2, 0) is 11.3 Å². The third-order valence-electron chi connectivity index (χ3n) is 4.17. The first-order valence-corrected chi connectivity index (χ1v) is 7.90. The molecular weight excluding hydrogens is 293 g/mol. The number of nitrogens with two attached hydrogens (primary N) is 1. The van der Waals surface area contributed by atoms with E-state index in [0.717, 1.165) is 22.5 Å². The minimum atomic E-state index is -0.223. The minimum Gasteiger partial charge on any atom is -0.378 e. The van der Waals surface area contributed by atoms with Gasteiger partial charge in [0, 0.05) is 36.6 Å². The molecule has 1 saturated heterocycles. The number of halogens is 1. The Balaban J connectivity index is 2.06. The van der Waals surface area contributed by atoms with Crippen LogP contribution in [0.3, 0.4) is 0 Å². The fourth-order valence-corrected chi connectivity index (χ4v) is 3.12. The Morgan fingerprint density at radius 3 is 2.43 bits per heavy atom. The maximum Gasteiger partial charge on any atom is 0.151 e. The molecule has 1 aliphatic heterocycles. The second-order valence-electron chi connectivity index (χ2n) is 5.87. The molecule has 0 saturated carbocycles. The van der Waals surface area contributed by atoms with Gasteiger partial charge in [0.25, 0.3) is 0 Å². The number of anilines is 1. The van der Waals surface area contributed by atoms with Crippen LogP contribution in [0.15, 0.2) is 24.3 Å². The van der Waals surface area contributed by atoms with Crippen molar-refractivity contribution in [2.45, 2.75) is 20.4 Å². The minimum absolute atomic E-state index is 0.166. The monoisotopic (exact) mass is 315 g/mol. The van der Waals surface area contributed by atoms with Crippen molar-refractivity contribution < 1.29 is 9.13 Å². The number of morpholine rings is 1. The molecule has 1 aromatic heterocycles. The van der Waals surface area contributed by atoms with Crippen molar-refractivity contribution >= 4 is 5.69 Å². The lowest BCUT2D eigenvalue weighted by Gasteiger charge is -2.30. The molecule has 0 atom stereocenters. The molecule has 2 heterocycles. The summed E-state index contributed by atoms with van der Waals surface area (Å²) in [5.74, 6) is -0.223. The van der Waals surface area contributed by atoms with Gasteiger partial charge in [-0.2, -0.15) is 0 Å². The summed E-state index contributed by atoms with van der Waals surface area (Å²) in [4.78, 5) is 6.40. The van der Waals surface area contributed by atoms with Crippen molar-refractivity contribution in [3.63, 3.8) is 0 Å². The molecule has 5 heteroatoms. The number of hydrogen-bond acceptors (Lipinski definition) is 4. The fourth-order valence-electron chi connectivity index (χ4n) is 3.12. The smallest absolute Gasteiger partial charge is 0.151 e. The van der Waals surface area contributed by atoms with Crippen molar-refractivity contribution in [3.8, 4) is 11.1 Å². The highest BCUT2D eigenvalue weighted by Crippen LogP contribution is 2.32. The molecule has 0 bridgehead atoms. The summed E-state index contributed by atoms with van der Waals surface area (Å²) in [6, 6.07) is 7.75. The third kappa shape index (κ3) is 3.21. The average Bonchev–Trinajstić information content (AvgIpc) is 2.54. The summed E-state index contributed by atoms with van der Waals surface area (Å²) in [5.41, 5.74) is 10.7. The van der Waals surface area contributed by atoms with E-state index in [1.807, 2.05) is 43.0 Å². The zero-order chi connectivity index (χ0) is 16.4. The van der Waals surface area contributed by atoms with Gasteiger partial charge in [0.1, 0.15) is 0 Å². The maximum absolute atomic E-state index is 15.0. The number of pyridine rings is 1. The Morgan fingerprint density at radius 2 is 1.83 bits per heavy atom. The van der Waals surface area contributed by atoms with Crippen LogP contribution in [0.4, 0.5) is 10.1 Å². The van der Waals surface area contributed by atoms with E-state index >= 15 is 4.39 Å². The molecule has 2 N–H and O–H groups in total. The summed E-state index contributed by atoms with van der Waals surface area (Å²) in [5, 5.41) is 0. The summed E-state index contributed by atoms with van der Waals surface area (Å²) in [6.45, 7) is 6.71. The summed E-state index contributed by atoms with van der Waals surface area (Å²) < 4.78 is 20.4. The van der Waals surface area contributed by atoms with Crippen molar-refractivity contribution in [2.24, 2.45) is 5.73 Å². The number of benzene rings is 1. The highest BCUT2D eigenvalue weighted by atomic mass is 19.1. The standard InChI is InChI=1S/C18H22FN3O/c1-12-9-14(10-13(2)21-12)15-3-4-17(18(19)16(15)11-20)22-5-7-23-8-6-22/h3-4,9-10H,5-8,11,20H2,1-2H3. The van der Waals surface area contributed by atoms with E-state index < -0.39 is 0 Å². The first-order valence-electron chi connectivity index (χ1n) is 7.90. The van der Waals surface area contributed by atoms with Gasteiger partial charge in [0.05, 0.1) is 18.9 Å². The lowest BCUT2D eigenvalue weighted by molar-refractivity contribution is 0.122. The number of rotatable bonds is 3. The lowest BCUT2D eigenvalue weighted by atomic mass is 9.97. The largest absolute Gasteiger partial charge is 0.378 e. The molecule has 3 rings (SSSR count). The molecule has 122 valence electrons. The molecule has 1 aliphatic rings. The zero-order valence-corrected chi connectivity index (χ0v) is 13.6. The Morgan fingerprint density at radius 1 is 1.17 bits per heavy atom. The number of ether oxygens (including phenoxy) is 1. The number of nitrogens with zero attached hydrogens (tertiary/aromatic N) is 2. The van der Waals surface area contributed by atoms with Gasteiger partial charge in [0.15, 0.2) is 5.82 Å². The predicted octanol–water partition coefficient (Wildman–Crippen LogP) is 2.80. The second-order valence-corrected chi connectivity index (χ2v) is 5.87. The molecule has 4 nitrogen and oxygen atoms in total. The molecule has 2 aromatic rings. The topological polar surface area (TPSA) is 51.4 Å². The van der Waals surface area contributed by atoms with Gasteiger partial charge < -0.3 is 15.4 Å². The summed E-state index contributed by atoms with van der Waals surface area (Å²) in [7, 11) is 0. The molecule has 1 fully saturated rings. The highest BCUT2D eigenvalue weighted by Gasteiger charge is 2.20. The molecule has 23 heavy (non-hydrogen) atoms. The Bertz CT molecular complexity index is 691. The van der Waals surface area contributed by atoms with Gasteiger partial charge in [-0.25, -0.2) is 4.39 Å². The molecule has 0 aliphatic carbocycles. The van der Waals surface area contributed by atoms with E-state index in [1.54, 1.807) is 0 Å². The Hall–Kier alpha value is -1.98. The van der Waals surface area contributed by atoms with E-state index in [4.69, 9.17) is 10.5 Å². The zero-order valence-electron chi connectivity index (χ0n) is 13.6. The van der Waals surface area contributed by atoms with Gasteiger partial charge in [0.2, 0.25) is 0 Å². The van der Waals surface area contributed by atoms with Gasteiger partial charge in [-0.1, -0.05) is 6.07 Å². The van der Waals surface area contributed by atoms with Crippen LogP contribution >= 0.6 is 0 Å². The van der Waals surface area contributed by atoms with Crippen molar-refractivity contribution in [1.29, 1.82) is 0 Å². The second kappa shape index (κ2) is 6.64. The summed E-state index contributed by atoms with van der Waals surface area (Å²) >= 11 is 0. The van der Waals surface area contributed by atoms with Crippen LogP contribution < -0.4 is 10.6 Å². The fraction of sp³-hybridized carbons (Fsp3) is 0.389. The quantitative estimate of drug-likeness (QED) is 0.946. The number of aryl methyl sites for hydroxylation is 2. The van der Waals surface area contributed by atoms with Gasteiger partial charge in [-0.3, -0.25) is 4.98 Å². The molecule has 0 unspecified atom stereocenters. The third-order valence-corrected chi connectivity index (χ3v) is 4.17. The number of aromatic nitrogens is 1. The Kier molecular flexibility index (Phi) is 4.59. The first kappa shape index (κ1) is 15.9. The van der Waals surface area contributed by atoms with Crippen molar-refractivity contribution in [3.05, 3.63) is 47.0 Å². The average molecular weight is 315 g/mol. The van der Waals surface area contributed by atoms with Gasteiger partial charge in [-0.05, 0) is 43.2 Å². The van der Waals surface area contributed by atoms with E-state index in [1.165, 1.54) is 0 Å². The molecular formula is C18H22FN3O. The normalized spacial score (nSPS) is 15.0. The molecule has 1 aromatic carbocycles. The van der Waals surface area contributed by atoms with Crippen molar-refractivity contribution in [2.75, 3.05) is 31.2 Å². The SMILES string of the molecule is Cc1cc(-c2ccc(N3CCOCC3)c(F)c2CN)cc(C)n1. The molecule has 0 radical (unpaired) electrons. The van der Waals surface area contributed by atoms with Crippen LogP contribution in [0.5, 0.6) is 0 Å². The van der Waals surface area contributed by atoms with Gasteiger partial charge >= 0.3 is 0 Å². The van der Waals surface area contributed by atoms with E-state index in [-0.39, 0.29) is 12.4 Å². The van der Waals surface area contributed by atoms with Crippen LogP contribution in [0.1, 0.15) is 17.0 Å². The van der Waals surface area contributed by atoms with E-state index in [9.17, 15) is 0 Å². The van der Waals surface area contributed by atoms with Crippen LogP contribution in [-0.4, -0.2) is 31.3 Å². The maximum atomic E-state index is 15.0. The highest BCUT2D eigenvalue weighted by molar-refractivity contribution is 5.72. The van der Waals surface area contributed by atoms with E-state index in [0.29, 0.717) is 37.6 Å². The van der Waals surface area contributed by atoms with E-state index in [2.05, 4.69) is 4.98 Å². The van der Waals surface area contributed by atoms with Crippen LogP contribution in [0.25, 0.3) is 11.1 Å². The number of hydrogen-bond donors (Lipinski definition) is 1. The molecule has 0 spiro atoms. The Labute approximate surface area is 136 Å². The van der Waals surface area contributed by atoms with Crippen LogP contribution in [0, 0.1) is 19.7 Å². The molecule has 0 amide bonds. The van der Waals surface area contributed by atoms with Crippen molar-refractivity contribution in [1.82, 2.24) is 4.98 Å². The lowest BCUT2D eigenvalue weighted by Crippen LogP contribution is -2.37. The van der Waals surface area contributed by atoms with Crippen LogP contribution in [0.2, 0.25) is 0 Å². The summed E-state index contributed by atoms with van der Waals surface area (Å²) in [6.07, 6.45) is 0. The predicted molar refractivity (Wildman–Crippen MR) is 90.0 cm³/mol. The van der Waals surface area contributed by atoms with Gasteiger partial charge in [-0.15, -0.1) is 0 Å². The first-order chi connectivity index (χ1) is 11.1.